The number of benzene rings is 2. The third-order valence-corrected chi connectivity index (χ3v) is 8.62. The number of sulfonamides is 1. The van der Waals surface area contributed by atoms with E-state index in [1.807, 2.05) is 50.2 Å². The van der Waals surface area contributed by atoms with E-state index in [1.165, 1.54) is 28.2 Å². The standard InChI is InChI=1S/C25H30N4O3S2/c1-5-23(33-24-17-22(26-18(4)27-24)19-11-9-8-10-12-19)25(30)28-20-13-15-21(16-14-20)34(31,32)29(6-2)7-3/h8-17,23H,5-7H2,1-4H3,(H,28,30). The second-order valence-electron chi connectivity index (χ2n) is 7.62. The molecule has 1 aromatic heterocycles. The third-order valence-electron chi connectivity index (χ3n) is 5.28. The molecular formula is C25H30N4O3S2. The smallest absolute Gasteiger partial charge is 0.243 e. The van der Waals surface area contributed by atoms with Crippen LogP contribution in [0.4, 0.5) is 5.69 Å². The molecule has 0 spiro atoms. The van der Waals surface area contributed by atoms with Gasteiger partial charge in [0.2, 0.25) is 15.9 Å². The Balaban J connectivity index is 1.73. The molecule has 1 atom stereocenters. The summed E-state index contributed by atoms with van der Waals surface area (Å²) in [6.07, 6.45) is 0.606. The zero-order valence-electron chi connectivity index (χ0n) is 19.9. The fourth-order valence-electron chi connectivity index (χ4n) is 3.47. The summed E-state index contributed by atoms with van der Waals surface area (Å²) in [5.41, 5.74) is 2.36. The Morgan fingerprint density at radius 2 is 1.65 bits per heavy atom. The average molecular weight is 499 g/mol. The number of nitrogens with zero attached hydrogens (tertiary/aromatic N) is 3. The van der Waals surface area contributed by atoms with Crippen molar-refractivity contribution < 1.29 is 13.2 Å². The van der Waals surface area contributed by atoms with Gasteiger partial charge >= 0.3 is 0 Å². The number of thioether (sulfide) groups is 1. The number of anilines is 1. The number of aromatic nitrogens is 2. The Morgan fingerprint density at radius 1 is 1.00 bits per heavy atom. The molecule has 0 saturated heterocycles. The fraction of sp³-hybridized carbons (Fsp3) is 0.320. The number of nitrogens with one attached hydrogen (secondary N) is 1. The summed E-state index contributed by atoms with van der Waals surface area (Å²) >= 11 is 1.39. The van der Waals surface area contributed by atoms with E-state index in [1.54, 1.807) is 26.0 Å². The molecule has 0 bridgehead atoms. The maximum atomic E-state index is 13.0. The SMILES string of the molecule is CCC(Sc1cc(-c2ccccc2)nc(C)n1)C(=O)Nc1ccc(S(=O)(=O)N(CC)CC)cc1. The molecule has 7 nitrogen and oxygen atoms in total. The normalized spacial score (nSPS) is 12.5. The van der Waals surface area contributed by atoms with Gasteiger partial charge < -0.3 is 5.32 Å². The van der Waals surface area contributed by atoms with Gasteiger partial charge in [-0.3, -0.25) is 4.79 Å². The van der Waals surface area contributed by atoms with Crippen molar-refractivity contribution in [2.45, 2.75) is 49.3 Å². The van der Waals surface area contributed by atoms with E-state index in [4.69, 9.17) is 0 Å². The zero-order valence-corrected chi connectivity index (χ0v) is 21.5. The maximum absolute atomic E-state index is 13.0. The van der Waals surface area contributed by atoms with Crippen LogP contribution in [-0.2, 0) is 14.8 Å². The van der Waals surface area contributed by atoms with Crippen molar-refractivity contribution in [3.05, 3.63) is 66.5 Å². The van der Waals surface area contributed by atoms with E-state index in [0.29, 0.717) is 31.0 Å². The molecule has 0 aliphatic rings. The van der Waals surface area contributed by atoms with Gasteiger partial charge in [0.1, 0.15) is 10.9 Å². The second kappa shape index (κ2) is 11.6. The van der Waals surface area contributed by atoms with Gasteiger partial charge in [-0.25, -0.2) is 18.4 Å². The summed E-state index contributed by atoms with van der Waals surface area (Å²) in [4.78, 5) is 22.2. The van der Waals surface area contributed by atoms with Crippen molar-refractivity contribution in [3.63, 3.8) is 0 Å². The zero-order chi connectivity index (χ0) is 24.7. The van der Waals surface area contributed by atoms with Crippen LogP contribution in [-0.4, -0.2) is 46.9 Å². The van der Waals surface area contributed by atoms with E-state index < -0.39 is 10.0 Å². The summed E-state index contributed by atoms with van der Waals surface area (Å²) in [6, 6.07) is 18.0. The number of hydrogen-bond acceptors (Lipinski definition) is 6. The Bertz CT molecular complexity index is 1210. The van der Waals surface area contributed by atoms with E-state index in [9.17, 15) is 13.2 Å². The molecule has 3 rings (SSSR count). The van der Waals surface area contributed by atoms with E-state index in [2.05, 4.69) is 15.3 Å². The quantitative estimate of drug-likeness (QED) is 0.313. The van der Waals surface area contributed by atoms with Gasteiger partial charge in [-0.05, 0) is 43.7 Å². The highest BCUT2D eigenvalue weighted by Gasteiger charge is 2.23. The van der Waals surface area contributed by atoms with Gasteiger partial charge in [0, 0.05) is 24.3 Å². The van der Waals surface area contributed by atoms with Crippen LogP contribution < -0.4 is 5.32 Å². The lowest BCUT2D eigenvalue weighted by Crippen LogP contribution is -2.30. The number of hydrogen-bond donors (Lipinski definition) is 1. The second-order valence-corrected chi connectivity index (χ2v) is 10.8. The molecule has 0 fully saturated rings. The van der Waals surface area contributed by atoms with Crippen LogP contribution in [0.15, 0.2) is 70.6 Å². The van der Waals surface area contributed by atoms with Crippen molar-refractivity contribution in [2.24, 2.45) is 0 Å². The minimum absolute atomic E-state index is 0.163. The fourth-order valence-corrected chi connectivity index (χ4v) is 5.92. The predicted octanol–water partition coefficient (Wildman–Crippen LogP) is 4.99. The first kappa shape index (κ1) is 25.9. The molecule has 1 amide bonds. The molecule has 1 N–H and O–H groups in total. The van der Waals surface area contributed by atoms with Crippen LogP contribution >= 0.6 is 11.8 Å². The molecule has 2 aromatic carbocycles. The molecule has 0 aliphatic heterocycles. The lowest BCUT2D eigenvalue weighted by molar-refractivity contribution is -0.115. The van der Waals surface area contributed by atoms with Crippen molar-refractivity contribution in [2.75, 3.05) is 18.4 Å². The predicted molar refractivity (Wildman–Crippen MR) is 137 cm³/mol. The highest BCUT2D eigenvalue weighted by atomic mass is 32.2. The topological polar surface area (TPSA) is 92.3 Å². The minimum Gasteiger partial charge on any atom is -0.325 e. The molecule has 0 saturated carbocycles. The van der Waals surface area contributed by atoms with E-state index in [0.717, 1.165) is 16.3 Å². The van der Waals surface area contributed by atoms with Crippen LogP contribution in [0.1, 0.15) is 33.0 Å². The molecule has 3 aromatic rings. The largest absolute Gasteiger partial charge is 0.325 e. The number of rotatable bonds is 10. The van der Waals surface area contributed by atoms with Crippen LogP contribution in [0.2, 0.25) is 0 Å². The Kier molecular flexibility index (Phi) is 8.82. The van der Waals surface area contributed by atoms with E-state index in [-0.39, 0.29) is 16.1 Å². The summed E-state index contributed by atoms with van der Waals surface area (Å²) in [6.45, 7) is 8.21. The number of carbonyl (C=O) groups excluding carboxylic acids is 1. The molecule has 0 aliphatic carbocycles. The van der Waals surface area contributed by atoms with Gasteiger partial charge in [0.25, 0.3) is 0 Å². The van der Waals surface area contributed by atoms with Gasteiger partial charge in [-0.1, -0.05) is 62.9 Å². The third kappa shape index (κ3) is 6.22. The maximum Gasteiger partial charge on any atom is 0.243 e. The Hall–Kier alpha value is -2.75. The monoisotopic (exact) mass is 498 g/mol. The molecule has 1 heterocycles. The van der Waals surface area contributed by atoms with E-state index >= 15 is 0 Å². The highest BCUT2D eigenvalue weighted by Crippen LogP contribution is 2.28. The lowest BCUT2D eigenvalue weighted by atomic mass is 10.1. The van der Waals surface area contributed by atoms with Gasteiger partial charge in [-0.2, -0.15) is 4.31 Å². The van der Waals surface area contributed by atoms with Crippen LogP contribution in [0.3, 0.4) is 0 Å². The molecule has 1 unspecified atom stereocenters. The number of carbonyl (C=O) groups is 1. The average Bonchev–Trinajstić information content (AvgIpc) is 2.83. The first-order chi connectivity index (χ1) is 16.3. The first-order valence-corrected chi connectivity index (χ1v) is 13.6. The number of aryl methyl sites for hydroxylation is 1. The van der Waals surface area contributed by atoms with Crippen LogP contribution in [0.25, 0.3) is 11.3 Å². The van der Waals surface area contributed by atoms with Gasteiger partial charge in [0.15, 0.2) is 0 Å². The van der Waals surface area contributed by atoms with Crippen LogP contribution in [0.5, 0.6) is 0 Å². The molecule has 34 heavy (non-hydrogen) atoms. The Morgan fingerprint density at radius 3 is 2.24 bits per heavy atom. The summed E-state index contributed by atoms with van der Waals surface area (Å²) in [5.74, 6) is 0.480. The van der Waals surface area contributed by atoms with Gasteiger partial charge in [-0.15, -0.1) is 0 Å². The molecular weight excluding hydrogens is 468 g/mol. The molecule has 9 heteroatoms. The van der Waals surface area contributed by atoms with Crippen molar-refractivity contribution in [1.82, 2.24) is 14.3 Å². The van der Waals surface area contributed by atoms with Gasteiger partial charge in [0.05, 0.1) is 15.8 Å². The van der Waals surface area contributed by atoms with Crippen molar-refractivity contribution >= 4 is 33.4 Å². The summed E-state index contributed by atoms with van der Waals surface area (Å²) in [5, 5.41) is 3.27. The minimum atomic E-state index is -3.54. The Labute approximate surface area is 206 Å². The van der Waals surface area contributed by atoms with Crippen molar-refractivity contribution in [1.29, 1.82) is 0 Å². The summed E-state index contributed by atoms with van der Waals surface area (Å²) < 4.78 is 26.7. The molecule has 180 valence electrons. The number of amides is 1. The first-order valence-electron chi connectivity index (χ1n) is 11.3. The highest BCUT2D eigenvalue weighted by molar-refractivity contribution is 8.00. The van der Waals surface area contributed by atoms with Crippen molar-refractivity contribution in [3.8, 4) is 11.3 Å². The van der Waals surface area contributed by atoms with Crippen LogP contribution in [0, 0.1) is 6.92 Å². The summed E-state index contributed by atoms with van der Waals surface area (Å²) in [7, 11) is -3.54. The lowest BCUT2D eigenvalue weighted by Gasteiger charge is -2.19. The molecule has 0 radical (unpaired) electrons.